The van der Waals surface area contributed by atoms with E-state index in [2.05, 4.69) is 52.3 Å². The van der Waals surface area contributed by atoms with Crippen molar-refractivity contribution in [3.8, 4) is 0 Å². The molecule has 0 radical (unpaired) electrons. The Morgan fingerprint density at radius 1 is 0.867 bits per heavy atom. The first-order chi connectivity index (χ1) is 14.5. The molecule has 0 atom stereocenters. The lowest BCUT2D eigenvalue weighted by Gasteiger charge is -2.23. The first-order valence-corrected chi connectivity index (χ1v) is 10.8. The quantitative estimate of drug-likeness (QED) is 0.656. The summed E-state index contributed by atoms with van der Waals surface area (Å²) in [5.41, 5.74) is 7.15. The smallest absolute Gasteiger partial charge is 0.125 e. The fourth-order valence-electron chi connectivity index (χ4n) is 3.86. The maximum atomic E-state index is 5.74. The van der Waals surface area contributed by atoms with Gasteiger partial charge in [-0.2, -0.15) is 0 Å². The van der Waals surface area contributed by atoms with Crippen LogP contribution in [-0.2, 0) is 22.5 Å². The Bertz CT molecular complexity index is 965. The second-order valence-corrected chi connectivity index (χ2v) is 8.97. The van der Waals surface area contributed by atoms with Crippen molar-refractivity contribution in [3.05, 3.63) is 58.7 Å². The zero-order valence-corrected chi connectivity index (χ0v) is 18.1. The number of hydrogen-bond donors (Lipinski definition) is 0. The van der Waals surface area contributed by atoms with Crippen LogP contribution in [0.5, 0.6) is 0 Å². The Morgan fingerprint density at radius 2 is 1.50 bits per heavy atom. The van der Waals surface area contributed by atoms with Gasteiger partial charge in [-0.15, -0.1) is 0 Å². The minimum Gasteiger partial charge on any atom is -0.395 e. The van der Waals surface area contributed by atoms with Crippen molar-refractivity contribution in [2.45, 2.75) is 59.3 Å². The predicted octanol–water partition coefficient (Wildman–Crippen LogP) is 4.63. The van der Waals surface area contributed by atoms with Crippen LogP contribution in [0.4, 0.5) is 0 Å². The highest BCUT2D eigenvalue weighted by Crippen LogP contribution is 2.23. The zero-order chi connectivity index (χ0) is 21.0. The van der Waals surface area contributed by atoms with E-state index in [1.165, 1.54) is 11.1 Å². The van der Waals surface area contributed by atoms with Gasteiger partial charge in [0.2, 0.25) is 0 Å². The molecule has 30 heavy (non-hydrogen) atoms. The third-order valence-electron chi connectivity index (χ3n) is 5.54. The molecule has 0 aromatic carbocycles. The van der Waals surface area contributed by atoms with Gasteiger partial charge in [0.15, 0.2) is 0 Å². The Kier molecular flexibility index (Phi) is 6.11. The minimum atomic E-state index is -0.215. The van der Waals surface area contributed by atoms with E-state index in [4.69, 9.17) is 9.68 Å². The SMILES string of the molecule is Cc1ccc2c(n1)C(=NOCC(C)(C)CON=C1CCCc3cccnc31)CCC2. The van der Waals surface area contributed by atoms with E-state index in [0.29, 0.717) is 13.2 Å². The average molecular weight is 407 g/mol. The summed E-state index contributed by atoms with van der Waals surface area (Å²) in [5.74, 6) is 0. The van der Waals surface area contributed by atoms with E-state index in [-0.39, 0.29) is 5.41 Å². The molecule has 4 rings (SSSR count). The summed E-state index contributed by atoms with van der Waals surface area (Å²) in [4.78, 5) is 20.6. The summed E-state index contributed by atoms with van der Waals surface area (Å²) in [6.07, 6.45) is 7.90. The van der Waals surface area contributed by atoms with E-state index in [0.717, 1.165) is 67.0 Å². The number of pyridine rings is 2. The first kappa shape index (κ1) is 20.5. The summed E-state index contributed by atoms with van der Waals surface area (Å²) in [7, 11) is 0. The van der Waals surface area contributed by atoms with Crippen molar-refractivity contribution in [3.63, 3.8) is 0 Å². The Labute approximate surface area is 178 Å². The van der Waals surface area contributed by atoms with Crippen LogP contribution in [0.2, 0.25) is 0 Å². The van der Waals surface area contributed by atoms with Gasteiger partial charge in [-0.05, 0) is 68.7 Å². The highest BCUT2D eigenvalue weighted by molar-refractivity contribution is 6.01. The molecular formula is C24H30N4O2. The van der Waals surface area contributed by atoms with Crippen LogP contribution in [-0.4, -0.2) is 34.6 Å². The van der Waals surface area contributed by atoms with Crippen LogP contribution in [0.15, 0.2) is 40.8 Å². The largest absolute Gasteiger partial charge is 0.395 e. The Morgan fingerprint density at radius 3 is 2.20 bits per heavy atom. The molecular weight excluding hydrogens is 376 g/mol. The number of aromatic nitrogens is 2. The van der Waals surface area contributed by atoms with E-state index in [1.54, 1.807) is 0 Å². The molecule has 0 bridgehead atoms. The zero-order valence-electron chi connectivity index (χ0n) is 18.1. The molecule has 0 spiro atoms. The molecule has 0 N–H and O–H groups in total. The molecule has 0 saturated heterocycles. The van der Waals surface area contributed by atoms with Gasteiger partial charge in [0.05, 0.1) is 11.4 Å². The fourth-order valence-corrected chi connectivity index (χ4v) is 3.86. The van der Waals surface area contributed by atoms with Crippen molar-refractivity contribution < 1.29 is 9.68 Å². The summed E-state index contributed by atoms with van der Waals surface area (Å²) in [5, 5.41) is 8.83. The molecule has 2 heterocycles. The van der Waals surface area contributed by atoms with Crippen molar-refractivity contribution in [1.82, 2.24) is 9.97 Å². The van der Waals surface area contributed by atoms with Gasteiger partial charge in [-0.1, -0.05) is 36.3 Å². The number of hydrogen-bond acceptors (Lipinski definition) is 6. The van der Waals surface area contributed by atoms with Crippen molar-refractivity contribution in [1.29, 1.82) is 0 Å². The normalized spacial score (nSPS) is 18.8. The number of oxime groups is 2. The minimum absolute atomic E-state index is 0.215. The lowest BCUT2D eigenvalue weighted by atomic mass is 9.94. The van der Waals surface area contributed by atoms with Gasteiger partial charge in [-0.25, -0.2) is 0 Å². The van der Waals surface area contributed by atoms with Crippen LogP contribution < -0.4 is 0 Å². The third-order valence-corrected chi connectivity index (χ3v) is 5.54. The fraction of sp³-hybridized carbons (Fsp3) is 0.500. The molecule has 0 amide bonds. The van der Waals surface area contributed by atoms with Gasteiger partial charge in [-0.3, -0.25) is 9.97 Å². The van der Waals surface area contributed by atoms with E-state index >= 15 is 0 Å². The number of aryl methyl sites for hydroxylation is 3. The van der Waals surface area contributed by atoms with Crippen LogP contribution in [0.3, 0.4) is 0 Å². The predicted molar refractivity (Wildman–Crippen MR) is 118 cm³/mol. The van der Waals surface area contributed by atoms with Gasteiger partial charge < -0.3 is 9.68 Å². The van der Waals surface area contributed by atoms with Gasteiger partial charge in [0.25, 0.3) is 0 Å². The van der Waals surface area contributed by atoms with Crippen molar-refractivity contribution in [2.75, 3.05) is 13.2 Å². The monoisotopic (exact) mass is 406 g/mol. The summed E-state index contributed by atoms with van der Waals surface area (Å²) in [6, 6.07) is 8.31. The van der Waals surface area contributed by atoms with E-state index < -0.39 is 0 Å². The second kappa shape index (κ2) is 8.94. The maximum Gasteiger partial charge on any atom is 0.125 e. The number of fused-ring (bicyclic) bond motifs is 2. The van der Waals surface area contributed by atoms with Crippen molar-refractivity contribution >= 4 is 11.4 Å². The highest BCUT2D eigenvalue weighted by atomic mass is 16.6. The Hall–Kier alpha value is -2.76. The molecule has 2 aliphatic carbocycles. The van der Waals surface area contributed by atoms with Gasteiger partial charge in [0, 0.05) is 17.3 Å². The molecule has 2 aliphatic rings. The molecule has 6 nitrogen and oxygen atoms in total. The third kappa shape index (κ3) is 4.86. The molecule has 2 aromatic heterocycles. The van der Waals surface area contributed by atoms with Crippen LogP contribution in [0.25, 0.3) is 0 Å². The maximum absolute atomic E-state index is 5.74. The molecule has 0 unspecified atom stereocenters. The standard InChI is InChI=1S/C24H30N4O2/c1-17-12-13-19-8-5-11-21(23(19)26-17)28-30-16-24(2,3)15-29-27-20-10-4-7-18-9-6-14-25-22(18)20/h6,9,12-14H,4-5,7-8,10-11,15-16H2,1-3H3. The molecule has 2 aromatic rings. The van der Waals surface area contributed by atoms with E-state index in [9.17, 15) is 0 Å². The topological polar surface area (TPSA) is 69.0 Å². The summed E-state index contributed by atoms with van der Waals surface area (Å²) >= 11 is 0. The van der Waals surface area contributed by atoms with Crippen LogP contribution in [0, 0.1) is 12.3 Å². The lowest BCUT2D eigenvalue weighted by Crippen LogP contribution is -2.25. The summed E-state index contributed by atoms with van der Waals surface area (Å²) < 4.78 is 0. The molecule has 0 saturated carbocycles. The molecule has 158 valence electrons. The Balaban J connectivity index is 1.34. The van der Waals surface area contributed by atoms with Crippen LogP contribution in [0.1, 0.15) is 67.7 Å². The molecule has 0 fully saturated rings. The van der Waals surface area contributed by atoms with Crippen LogP contribution >= 0.6 is 0 Å². The lowest BCUT2D eigenvalue weighted by molar-refractivity contribution is -0.000311. The molecule has 6 heteroatoms. The number of nitrogens with zero attached hydrogens (tertiary/aromatic N) is 4. The van der Waals surface area contributed by atoms with Crippen molar-refractivity contribution in [2.24, 2.45) is 15.7 Å². The van der Waals surface area contributed by atoms with Gasteiger partial charge in [0.1, 0.15) is 24.6 Å². The van der Waals surface area contributed by atoms with E-state index in [1.807, 2.05) is 19.2 Å². The summed E-state index contributed by atoms with van der Waals surface area (Å²) in [6.45, 7) is 7.11. The first-order valence-electron chi connectivity index (χ1n) is 10.8. The average Bonchev–Trinajstić information content (AvgIpc) is 2.74. The van der Waals surface area contributed by atoms with Gasteiger partial charge >= 0.3 is 0 Å². The second-order valence-electron chi connectivity index (χ2n) is 8.97. The highest BCUT2D eigenvalue weighted by Gasteiger charge is 2.23. The number of rotatable bonds is 6. The molecule has 0 aliphatic heterocycles.